The maximum absolute atomic E-state index is 11.1. The Morgan fingerprint density at radius 3 is 2.33 bits per heavy atom. The van der Waals surface area contributed by atoms with E-state index in [4.69, 9.17) is 16.1 Å². The summed E-state index contributed by atoms with van der Waals surface area (Å²) in [6.45, 7) is 0. The van der Waals surface area contributed by atoms with Gasteiger partial charge in [0.05, 0.1) is 7.11 Å². The van der Waals surface area contributed by atoms with E-state index in [0.29, 0.717) is 5.75 Å². The molecule has 1 unspecified atom stereocenters. The molecule has 0 aliphatic rings. The van der Waals surface area contributed by atoms with Crippen LogP contribution in [0.5, 0.6) is 11.5 Å². The second-order valence-electron chi connectivity index (χ2n) is 2.44. The third-order valence-corrected chi connectivity index (χ3v) is 2.23. The van der Waals surface area contributed by atoms with Gasteiger partial charge in [-0.1, -0.05) is 6.42 Å². The highest BCUT2D eigenvalue weighted by atomic mass is 31.2. The van der Waals surface area contributed by atoms with Crippen molar-refractivity contribution in [3.8, 4) is 24.0 Å². The van der Waals surface area contributed by atoms with Crippen LogP contribution in [0.1, 0.15) is 0 Å². The maximum Gasteiger partial charge on any atom is 0.593 e. The van der Waals surface area contributed by atoms with Crippen LogP contribution in [-0.4, -0.2) is 12.0 Å². The van der Waals surface area contributed by atoms with Gasteiger partial charge in [0.1, 0.15) is 17.6 Å². The Hall–Kier alpha value is -1.63. The first kappa shape index (κ1) is 11.4. The van der Waals surface area contributed by atoms with Gasteiger partial charge in [-0.2, -0.15) is 0 Å². The number of rotatable bonds is 4. The van der Waals surface area contributed by atoms with Crippen LogP contribution >= 0.6 is 7.82 Å². The van der Waals surface area contributed by atoms with E-state index in [9.17, 15) is 4.57 Å². The number of hydrogen-bond donors (Lipinski definition) is 1. The lowest BCUT2D eigenvalue weighted by atomic mass is 10.3. The van der Waals surface area contributed by atoms with Crippen molar-refractivity contribution in [3.63, 3.8) is 0 Å². The summed E-state index contributed by atoms with van der Waals surface area (Å²) < 4.78 is 24.7. The number of methoxy groups -OCH3 is 1. The van der Waals surface area contributed by atoms with E-state index in [1.54, 1.807) is 18.2 Å². The largest absolute Gasteiger partial charge is 0.593 e. The molecular weight excluding hydrogens is 219 g/mol. The highest BCUT2D eigenvalue weighted by Gasteiger charge is 2.23. The summed E-state index contributed by atoms with van der Waals surface area (Å²) in [5.41, 5.74) is 0. The Balaban J connectivity index is 2.74. The maximum atomic E-state index is 11.1. The topological polar surface area (TPSA) is 65.0 Å². The first-order valence-electron chi connectivity index (χ1n) is 3.88. The fourth-order valence-electron chi connectivity index (χ4n) is 0.855. The van der Waals surface area contributed by atoms with Gasteiger partial charge in [0, 0.05) is 0 Å². The first-order valence-corrected chi connectivity index (χ1v) is 5.37. The molecule has 0 amide bonds. The summed E-state index contributed by atoms with van der Waals surface area (Å²) in [6, 6.07) is 6.07. The molecule has 0 heterocycles. The Kier molecular flexibility index (Phi) is 3.62. The monoisotopic (exact) mass is 228 g/mol. The minimum absolute atomic E-state index is 0.164. The van der Waals surface area contributed by atoms with Gasteiger partial charge in [0.15, 0.2) is 0 Å². The van der Waals surface area contributed by atoms with Crippen LogP contribution in [0.25, 0.3) is 0 Å². The number of ether oxygens (including phenoxy) is 1. The van der Waals surface area contributed by atoms with E-state index >= 15 is 0 Å². The fourth-order valence-corrected chi connectivity index (χ4v) is 1.41. The normalized spacial score (nSPS) is 13.4. The molecule has 0 spiro atoms. The van der Waals surface area contributed by atoms with Crippen molar-refractivity contribution < 1.29 is 23.2 Å². The van der Waals surface area contributed by atoms with Gasteiger partial charge in [-0.05, 0) is 24.3 Å². The second kappa shape index (κ2) is 4.74. The third-order valence-electron chi connectivity index (χ3n) is 1.45. The lowest BCUT2D eigenvalue weighted by Gasteiger charge is -2.09. The Bertz CT molecular complexity index is 406. The van der Waals surface area contributed by atoms with Gasteiger partial charge in [-0.3, -0.25) is 4.89 Å². The number of benzene rings is 1. The Morgan fingerprint density at radius 1 is 1.33 bits per heavy atom. The lowest BCUT2D eigenvalue weighted by molar-refractivity contribution is 0.277. The van der Waals surface area contributed by atoms with Crippen molar-refractivity contribution >= 4 is 7.82 Å². The van der Waals surface area contributed by atoms with Gasteiger partial charge < -0.3 is 13.8 Å². The van der Waals surface area contributed by atoms with E-state index in [0.717, 1.165) is 0 Å². The van der Waals surface area contributed by atoms with E-state index < -0.39 is 7.82 Å². The van der Waals surface area contributed by atoms with Gasteiger partial charge >= 0.3 is 7.82 Å². The van der Waals surface area contributed by atoms with Crippen molar-refractivity contribution in [2.45, 2.75) is 0 Å². The smallest absolute Gasteiger partial charge is 0.497 e. The number of phosphoric ester groups is 1. The van der Waals surface area contributed by atoms with E-state index in [2.05, 4.69) is 9.05 Å². The van der Waals surface area contributed by atoms with E-state index in [1.807, 2.05) is 0 Å². The summed E-state index contributed by atoms with van der Waals surface area (Å²) in [5, 5.41) is 0. The van der Waals surface area contributed by atoms with Crippen LogP contribution in [0.3, 0.4) is 0 Å². The molecule has 1 aromatic carbocycles. The summed E-state index contributed by atoms with van der Waals surface area (Å²) in [7, 11) is -2.71. The molecule has 0 aromatic heterocycles. The molecule has 0 aliphatic carbocycles. The zero-order chi connectivity index (χ0) is 11.3. The van der Waals surface area contributed by atoms with Crippen LogP contribution < -0.4 is 9.26 Å². The minimum atomic E-state index is -4.21. The third kappa shape index (κ3) is 3.55. The first-order chi connectivity index (χ1) is 7.07. The molecule has 1 aromatic rings. The minimum Gasteiger partial charge on any atom is -0.497 e. The molecular formula is C9H9O5P. The molecule has 0 aliphatic heterocycles. The SMILES string of the molecule is C#COP(=O)(O)Oc1ccc(OC)cc1. The standard InChI is InChI=1S/C9H9O5P/c1-3-13-15(10,11)14-9-6-4-8(12-2)5-7-9/h1,4-7H,2H3,(H,10,11). The van der Waals surface area contributed by atoms with E-state index in [1.165, 1.54) is 19.2 Å². The zero-order valence-electron chi connectivity index (χ0n) is 7.91. The Morgan fingerprint density at radius 2 is 1.87 bits per heavy atom. The average molecular weight is 228 g/mol. The molecule has 80 valence electrons. The predicted molar refractivity (Wildman–Crippen MR) is 53.4 cm³/mol. The van der Waals surface area contributed by atoms with Crippen molar-refractivity contribution in [1.82, 2.24) is 0 Å². The molecule has 15 heavy (non-hydrogen) atoms. The molecule has 0 saturated carbocycles. The van der Waals surface area contributed by atoms with Crippen LogP contribution in [-0.2, 0) is 9.09 Å². The molecule has 0 bridgehead atoms. The van der Waals surface area contributed by atoms with Gasteiger partial charge in [0.2, 0.25) is 0 Å². The van der Waals surface area contributed by atoms with Crippen LogP contribution in [0.2, 0.25) is 0 Å². The summed E-state index contributed by atoms with van der Waals surface area (Å²) in [5.74, 6) is 0.768. The number of phosphoric acid groups is 1. The molecule has 1 atom stereocenters. The van der Waals surface area contributed by atoms with E-state index in [-0.39, 0.29) is 5.75 Å². The van der Waals surface area contributed by atoms with Crippen molar-refractivity contribution in [2.24, 2.45) is 0 Å². The predicted octanol–water partition coefficient (Wildman–Crippen LogP) is 1.78. The second-order valence-corrected chi connectivity index (χ2v) is 3.75. The van der Waals surface area contributed by atoms with Gasteiger partial charge in [-0.15, -0.1) is 0 Å². The van der Waals surface area contributed by atoms with Crippen molar-refractivity contribution in [1.29, 1.82) is 0 Å². The molecule has 6 heteroatoms. The molecule has 1 N–H and O–H groups in total. The summed E-state index contributed by atoms with van der Waals surface area (Å²) in [6.07, 6.45) is 6.30. The molecule has 0 fully saturated rings. The van der Waals surface area contributed by atoms with Crippen LogP contribution in [0.15, 0.2) is 24.3 Å². The Labute approximate surface area is 87.2 Å². The quantitative estimate of drug-likeness (QED) is 0.628. The number of hydrogen-bond acceptors (Lipinski definition) is 4. The molecule has 0 saturated heterocycles. The molecule has 1 rings (SSSR count). The van der Waals surface area contributed by atoms with Crippen LogP contribution in [0, 0.1) is 12.5 Å². The average Bonchev–Trinajstić information content (AvgIpc) is 2.18. The van der Waals surface area contributed by atoms with Gasteiger partial charge in [-0.25, -0.2) is 4.57 Å². The lowest BCUT2D eigenvalue weighted by Crippen LogP contribution is -1.93. The van der Waals surface area contributed by atoms with Crippen molar-refractivity contribution in [3.05, 3.63) is 24.3 Å². The van der Waals surface area contributed by atoms with Crippen LogP contribution in [0.4, 0.5) is 0 Å². The van der Waals surface area contributed by atoms with Gasteiger partial charge in [0.25, 0.3) is 0 Å². The fraction of sp³-hybridized carbons (Fsp3) is 0.111. The highest BCUT2D eigenvalue weighted by molar-refractivity contribution is 7.48. The van der Waals surface area contributed by atoms with Crippen molar-refractivity contribution in [2.75, 3.05) is 7.11 Å². The number of terminal acetylenes is 1. The summed E-state index contributed by atoms with van der Waals surface area (Å²) in [4.78, 5) is 9.03. The molecule has 0 radical (unpaired) electrons. The summed E-state index contributed by atoms with van der Waals surface area (Å²) >= 11 is 0. The highest BCUT2D eigenvalue weighted by Crippen LogP contribution is 2.43. The zero-order valence-corrected chi connectivity index (χ0v) is 8.81. The molecule has 5 nitrogen and oxygen atoms in total.